The third kappa shape index (κ3) is 2.97. The summed E-state index contributed by atoms with van der Waals surface area (Å²) in [6, 6.07) is 0. The molecule has 0 aliphatic carbocycles. The minimum Gasteiger partial charge on any atom is -0.387 e. The lowest BCUT2D eigenvalue weighted by molar-refractivity contribution is -0.0163. The zero-order valence-corrected chi connectivity index (χ0v) is 8.67. The van der Waals surface area contributed by atoms with Gasteiger partial charge in [-0.1, -0.05) is 0 Å². The predicted molar refractivity (Wildman–Crippen MR) is 55.2 cm³/mol. The Labute approximate surface area is 89.3 Å². The molecule has 0 bridgehead atoms. The molecule has 1 aliphatic heterocycles. The summed E-state index contributed by atoms with van der Waals surface area (Å²) in [5.74, 6) is 0. The molecule has 0 saturated carbocycles. The molecule has 1 N–H and O–H groups in total. The molecule has 0 radical (unpaired) electrons. The van der Waals surface area contributed by atoms with Gasteiger partial charge in [0.1, 0.15) is 0 Å². The fourth-order valence-corrected chi connectivity index (χ4v) is 1.85. The normalized spacial score (nSPS) is 23.7. The molecule has 1 aromatic heterocycles. The Balaban J connectivity index is 1.88. The van der Waals surface area contributed by atoms with Crippen LogP contribution in [0.2, 0.25) is 0 Å². The van der Waals surface area contributed by atoms with Crippen molar-refractivity contribution in [1.82, 2.24) is 9.97 Å². The molecule has 0 amide bonds. The van der Waals surface area contributed by atoms with Crippen molar-refractivity contribution in [3.63, 3.8) is 0 Å². The van der Waals surface area contributed by atoms with Crippen LogP contribution in [0.5, 0.6) is 0 Å². The molecule has 0 spiro atoms. The predicted octanol–water partition coefficient (Wildman–Crippen LogP) is 1.47. The molecule has 1 aromatic rings. The highest BCUT2D eigenvalue weighted by Crippen LogP contribution is 2.22. The molecule has 1 saturated heterocycles. The highest BCUT2D eigenvalue weighted by Gasteiger charge is 2.19. The number of aliphatic hydroxyl groups is 1. The largest absolute Gasteiger partial charge is 0.387 e. The van der Waals surface area contributed by atoms with Crippen LogP contribution in [0.3, 0.4) is 0 Å². The van der Waals surface area contributed by atoms with Crippen LogP contribution in [0.15, 0.2) is 18.6 Å². The summed E-state index contributed by atoms with van der Waals surface area (Å²) in [7, 11) is 0. The number of nitrogens with zero attached hydrogens (tertiary/aromatic N) is 2. The Morgan fingerprint density at radius 3 is 3.07 bits per heavy atom. The summed E-state index contributed by atoms with van der Waals surface area (Å²) in [6.07, 6.45) is 8.42. The summed E-state index contributed by atoms with van der Waals surface area (Å²) in [5.41, 5.74) is 0.631. The first-order valence-electron chi connectivity index (χ1n) is 5.42. The lowest BCUT2D eigenvalue weighted by Crippen LogP contribution is -2.21. The zero-order chi connectivity index (χ0) is 10.5. The summed E-state index contributed by atoms with van der Waals surface area (Å²) >= 11 is 0. The molecule has 4 heteroatoms. The summed E-state index contributed by atoms with van der Waals surface area (Å²) in [5, 5.41) is 9.89. The molecular weight excluding hydrogens is 192 g/mol. The average Bonchev–Trinajstić information content (AvgIpc) is 2.31. The van der Waals surface area contributed by atoms with E-state index in [1.165, 1.54) is 6.42 Å². The molecule has 2 heterocycles. The maximum absolute atomic E-state index is 9.89. The molecule has 1 aliphatic rings. The van der Waals surface area contributed by atoms with Crippen molar-refractivity contribution < 1.29 is 9.84 Å². The van der Waals surface area contributed by atoms with Gasteiger partial charge in [-0.2, -0.15) is 0 Å². The number of rotatable bonds is 3. The van der Waals surface area contributed by atoms with Crippen LogP contribution >= 0.6 is 0 Å². The van der Waals surface area contributed by atoms with Crippen LogP contribution in [0, 0.1) is 0 Å². The number of aromatic nitrogens is 2. The lowest BCUT2D eigenvalue weighted by Gasteiger charge is -2.24. The third-order valence-electron chi connectivity index (χ3n) is 2.68. The molecule has 0 aromatic carbocycles. The lowest BCUT2D eigenvalue weighted by atomic mass is 10.0. The van der Waals surface area contributed by atoms with E-state index < -0.39 is 6.10 Å². The van der Waals surface area contributed by atoms with Crippen molar-refractivity contribution in [2.24, 2.45) is 0 Å². The van der Waals surface area contributed by atoms with Gasteiger partial charge in [-0.3, -0.25) is 9.97 Å². The van der Waals surface area contributed by atoms with Crippen molar-refractivity contribution in [3.8, 4) is 0 Å². The van der Waals surface area contributed by atoms with E-state index in [-0.39, 0.29) is 6.10 Å². The topological polar surface area (TPSA) is 55.2 Å². The monoisotopic (exact) mass is 208 g/mol. The number of ether oxygens (including phenoxy) is 1. The standard InChI is InChI=1S/C11H16N2O2/c14-11(10-8-12-4-5-13-10)7-9-3-1-2-6-15-9/h4-5,8-9,11,14H,1-3,6-7H2. The Morgan fingerprint density at radius 1 is 1.47 bits per heavy atom. The second-order valence-corrected chi connectivity index (χ2v) is 3.87. The zero-order valence-electron chi connectivity index (χ0n) is 8.67. The molecule has 15 heavy (non-hydrogen) atoms. The van der Waals surface area contributed by atoms with Crippen LogP contribution < -0.4 is 0 Å². The van der Waals surface area contributed by atoms with Gasteiger partial charge in [0.15, 0.2) is 0 Å². The van der Waals surface area contributed by atoms with Gasteiger partial charge in [-0.25, -0.2) is 0 Å². The highest BCUT2D eigenvalue weighted by atomic mass is 16.5. The first kappa shape index (κ1) is 10.5. The third-order valence-corrected chi connectivity index (χ3v) is 2.68. The van der Waals surface area contributed by atoms with Gasteiger partial charge < -0.3 is 9.84 Å². The molecule has 2 unspecified atom stereocenters. The number of hydrogen-bond donors (Lipinski definition) is 1. The van der Waals surface area contributed by atoms with E-state index in [0.29, 0.717) is 12.1 Å². The Bertz CT molecular complexity index is 286. The van der Waals surface area contributed by atoms with Gasteiger partial charge >= 0.3 is 0 Å². The van der Waals surface area contributed by atoms with E-state index in [1.807, 2.05) is 0 Å². The van der Waals surface area contributed by atoms with Crippen molar-refractivity contribution in [3.05, 3.63) is 24.3 Å². The van der Waals surface area contributed by atoms with Gasteiger partial charge in [0.2, 0.25) is 0 Å². The minimum atomic E-state index is -0.554. The number of hydrogen-bond acceptors (Lipinski definition) is 4. The van der Waals surface area contributed by atoms with Crippen LogP contribution in [0.4, 0.5) is 0 Å². The second-order valence-electron chi connectivity index (χ2n) is 3.87. The van der Waals surface area contributed by atoms with Gasteiger partial charge in [0, 0.05) is 25.4 Å². The first-order chi connectivity index (χ1) is 7.36. The van der Waals surface area contributed by atoms with Gasteiger partial charge in [0.25, 0.3) is 0 Å². The van der Waals surface area contributed by atoms with Crippen molar-refractivity contribution in [2.45, 2.75) is 37.9 Å². The summed E-state index contributed by atoms with van der Waals surface area (Å²) in [4.78, 5) is 8.01. The van der Waals surface area contributed by atoms with E-state index in [9.17, 15) is 5.11 Å². The first-order valence-corrected chi connectivity index (χ1v) is 5.42. The summed E-state index contributed by atoms with van der Waals surface area (Å²) in [6.45, 7) is 0.817. The van der Waals surface area contributed by atoms with Gasteiger partial charge in [-0.05, 0) is 19.3 Å². The van der Waals surface area contributed by atoms with Gasteiger partial charge in [-0.15, -0.1) is 0 Å². The second kappa shape index (κ2) is 5.19. The SMILES string of the molecule is OC(CC1CCCCO1)c1cnccn1. The van der Waals surface area contributed by atoms with Crippen LogP contribution in [-0.2, 0) is 4.74 Å². The molecule has 82 valence electrons. The van der Waals surface area contributed by atoms with E-state index in [1.54, 1.807) is 18.6 Å². The molecule has 4 nitrogen and oxygen atoms in total. The Hall–Kier alpha value is -1.00. The quantitative estimate of drug-likeness (QED) is 0.817. The molecule has 1 fully saturated rings. The summed E-state index contributed by atoms with van der Waals surface area (Å²) < 4.78 is 5.56. The van der Waals surface area contributed by atoms with E-state index in [2.05, 4.69) is 9.97 Å². The van der Waals surface area contributed by atoms with E-state index in [0.717, 1.165) is 19.4 Å². The maximum Gasteiger partial charge on any atom is 0.1000 e. The highest BCUT2D eigenvalue weighted by molar-refractivity contribution is 4.99. The van der Waals surface area contributed by atoms with Crippen molar-refractivity contribution in [1.29, 1.82) is 0 Å². The smallest absolute Gasteiger partial charge is 0.1000 e. The van der Waals surface area contributed by atoms with Crippen LogP contribution in [-0.4, -0.2) is 27.8 Å². The van der Waals surface area contributed by atoms with Crippen molar-refractivity contribution >= 4 is 0 Å². The van der Waals surface area contributed by atoms with E-state index in [4.69, 9.17) is 4.74 Å². The molecule has 2 rings (SSSR count). The van der Waals surface area contributed by atoms with E-state index >= 15 is 0 Å². The Morgan fingerprint density at radius 2 is 2.40 bits per heavy atom. The molecular formula is C11H16N2O2. The van der Waals surface area contributed by atoms with Gasteiger partial charge in [0.05, 0.1) is 24.1 Å². The van der Waals surface area contributed by atoms with Crippen molar-refractivity contribution in [2.75, 3.05) is 6.61 Å². The number of aliphatic hydroxyl groups excluding tert-OH is 1. The minimum absolute atomic E-state index is 0.177. The fraction of sp³-hybridized carbons (Fsp3) is 0.636. The average molecular weight is 208 g/mol. The Kier molecular flexibility index (Phi) is 3.64. The molecule has 2 atom stereocenters. The van der Waals surface area contributed by atoms with Crippen LogP contribution in [0.1, 0.15) is 37.5 Å². The van der Waals surface area contributed by atoms with Crippen LogP contribution in [0.25, 0.3) is 0 Å². The maximum atomic E-state index is 9.89. The fourth-order valence-electron chi connectivity index (χ4n) is 1.85.